The SMILES string of the molecule is CC(CC(C)(C)C#N)C(=O)Oc1ccc(C2CCCCC2)cc1. The molecule has 1 aliphatic rings. The fourth-order valence-corrected chi connectivity index (χ4v) is 3.36. The van der Waals surface area contributed by atoms with Crippen LogP contribution in [0.25, 0.3) is 0 Å². The highest BCUT2D eigenvalue weighted by Crippen LogP contribution is 2.33. The van der Waals surface area contributed by atoms with Crippen molar-refractivity contribution in [2.75, 3.05) is 0 Å². The molecule has 3 heteroatoms. The van der Waals surface area contributed by atoms with Gasteiger partial charge in [0.2, 0.25) is 0 Å². The molecule has 1 unspecified atom stereocenters. The number of ether oxygens (including phenoxy) is 1. The lowest BCUT2D eigenvalue weighted by atomic mass is 9.84. The second-order valence-corrected chi connectivity index (χ2v) is 7.43. The number of hydrogen-bond donors (Lipinski definition) is 0. The molecule has 0 aromatic heterocycles. The number of nitrogens with zero attached hydrogens (tertiary/aromatic N) is 1. The summed E-state index contributed by atoms with van der Waals surface area (Å²) in [6, 6.07) is 10.2. The summed E-state index contributed by atoms with van der Waals surface area (Å²) in [6.45, 7) is 5.50. The van der Waals surface area contributed by atoms with Crippen LogP contribution in [0.3, 0.4) is 0 Å². The molecule has 0 amide bonds. The van der Waals surface area contributed by atoms with E-state index in [1.54, 1.807) is 0 Å². The van der Waals surface area contributed by atoms with Crippen molar-refractivity contribution in [1.29, 1.82) is 5.26 Å². The van der Waals surface area contributed by atoms with Gasteiger partial charge in [-0.2, -0.15) is 5.26 Å². The van der Waals surface area contributed by atoms with Crippen molar-refractivity contribution < 1.29 is 9.53 Å². The molecule has 1 aliphatic carbocycles. The normalized spacial score (nSPS) is 17.3. The van der Waals surface area contributed by atoms with Gasteiger partial charge in [-0.3, -0.25) is 4.79 Å². The van der Waals surface area contributed by atoms with Crippen LogP contribution in [-0.2, 0) is 4.79 Å². The molecule has 0 aliphatic heterocycles. The van der Waals surface area contributed by atoms with E-state index in [1.807, 2.05) is 32.9 Å². The number of nitriles is 1. The Morgan fingerprint density at radius 3 is 2.43 bits per heavy atom. The van der Waals surface area contributed by atoms with Gasteiger partial charge in [0.1, 0.15) is 5.75 Å². The first-order valence-electron chi connectivity index (χ1n) is 8.64. The highest BCUT2D eigenvalue weighted by atomic mass is 16.5. The Balaban J connectivity index is 1.92. The zero-order chi connectivity index (χ0) is 16.9. The Morgan fingerprint density at radius 2 is 1.87 bits per heavy atom. The van der Waals surface area contributed by atoms with E-state index in [0.29, 0.717) is 18.1 Å². The van der Waals surface area contributed by atoms with Crippen molar-refractivity contribution in [2.45, 2.75) is 65.2 Å². The summed E-state index contributed by atoms with van der Waals surface area (Å²) in [5.41, 5.74) is 0.840. The van der Waals surface area contributed by atoms with Crippen LogP contribution >= 0.6 is 0 Å². The molecule has 0 bridgehead atoms. The molecular formula is C20H27NO2. The Bertz CT molecular complexity index is 562. The third kappa shape index (κ3) is 5.10. The smallest absolute Gasteiger partial charge is 0.314 e. The maximum atomic E-state index is 12.2. The molecule has 1 aromatic rings. The van der Waals surface area contributed by atoms with Crippen LogP contribution in [-0.4, -0.2) is 5.97 Å². The molecule has 0 spiro atoms. The fraction of sp³-hybridized carbons (Fsp3) is 0.600. The lowest BCUT2D eigenvalue weighted by molar-refractivity contribution is -0.139. The van der Waals surface area contributed by atoms with E-state index >= 15 is 0 Å². The lowest BCUT2D eigenvalue weighted by Crippen LogP contribution is -2.23. The fourth-order valence-electron chi connectivity index (χ4n) is 3.36. The summed E-state index contributed by atoms with van der Waals surface area (Å²) < 4.78 is 5.46. The molecule has 1 aromatic carbocycles. The first kappa shape index (κ1) is 17.5. The minimum Gasteiger partial charge on any atom is -0.426 e. The number of carbonyl (C=O) groups excluding carboxylic acids is 1. The number of carbonyl (C=O) groups is 1. The first-order chi connectivity index (χ1) is 10.9. The van der Waals surface area contributed by atoms with E-state index in [0.717, 1.165) is 0 Å². The molecular weight excluding hydrogens is 286 g/mol. The molecule has 0 heterocycles. The van der Waals surface area contributed by atoms with Crippen LogP contribution in [0.2, 0.25) is 0 Å². The highest BCUT2D eigenvalue weighted by Gasteiger charge is 2.26. The van der Waals surface area contributed by atoms with Gasteiger partial charge in [0.25, 0.3) is 0 Å². The first-order valence-corrected chi connectivity index (χ1v) is 8.64. The summed E-state index contributed by atoms with van der Waals surface area (Å²) >= 11 is 0. The average Bonchev–Trinajstić information content (AvgIpc) is 2.56. The zero-order valence-electron chi connectivity index (χ0n) is 14.5. The lowest BCUT2D eigenvalue weighted by Gasteiger charge is -2.22. The number of hydrogen-bond acceptors (Lipinski definition) is 3. The van der Waals surface area contributed by atoms with Crippen LogP contribution in [0, 0.1) is 22.7 Å². The molecule has 1 saturated carbocycles. The molecule has 1 fully saturated rings. The van der Waals surface area contributed by atoms with Crippen molar-refractivity contribution in [3.8, 4) is 11.8 Å². The molecule has 1 atom stereocenters. The summed E-state index contributed by atoms with van der Waals surface area (Å²) in [5, 5.41) is 9.07. The monoisotopic (exact) mass is 313 g/mol. The van der Waals surface area contributed by atoms with Crippen LogP contribution < -0.4 is 4.74 Å². The van der Waals surface area contributed by atoms with Gasteiger partial charge in [0.15, 0.2) is 0 Å². The molecule has 23 heavy (non-hydrogen) atoms. The van der Waals surface area contributed by atoms with Crippen LogP contribution in [0.5, 0.6) is 5.75 Å². The highest BCUT2D eigenvalue weighted by molar-refractivity contribution is 5.74. The molecule has 0 radical (unpaired) electrons. The number of benzene rings is 1. The summed E-state index contributed by atoms with van der Waals surface area (Å²) in [7, 11) is 0. The van der Waals surface area contributed by atoms with Crippen molar-refractivity contribution in [2.24, 2.45) is 11.3 Å². The molecule has 0 saturated heterocycles. The van der Waals surface area contributed by atoms with Crippen LogP contribution in [0.1, 0.15) is 70.8 Å². The molecule has 3 nitrogen and oxygen atoms in total. The van der Waals surface area contributed by atoms with E-state index in [1.165, 1.54) is 37.7 Å². The maximum Gasteiger partial charge on any atom is 0.314 e. The van der Waals surface area contributed by atoms with Crippen LogP contribution in [0.15, 0.2) is 24.3 Å². The van der Waals surface area contributed by atoms with Crippen LogP contribution in [0.4, 0.5) is 0 Å². The minimum atomic E-state index is -0.511. The third-order valence-electron chi connectivity index (χ3n) is 4.70. The summed E-state index contributed by atoms with van der Waals surface area (Å²) in [5.74, 6) is 0.696. The minimum absolute atomic E-state index is 0.265. The van der Waals surface area contributed by atoms with E-state index in [9.17, 15) is 4.79 Å². The van der Waals surface area contributed by atoms with Crippen molar-refractivity contribution in [1.82, 2.24) is 0 Å². The van der Waals surface area contributed by atoms with E-state index in [-0.39, 0.29) is 11.9 Å². The van der Waals surface area contributed by atoms with Gasteiger partial charge >= 0.3 is 5.97 Å². The Hall–Kier alpha value is -1.82. The predicted octanol–water partition coefficient (Wildman–Crippen LogP) is 5.22. The largest absolute Gasteiger partial charge is 0.426 e. The summed E-state index contributed by atoms with van der Waals surface area (Å²) in [6.07, 6.45) is 7.01. The number of esters is 1. The average molecular weight is 313 g/mol. The van der Waals surface area contributed by atoms with Gasteiger partial charge in [0.05, 0.1) is 17.4 Å². The maximum absolute atomic E-state index is 12.2. The Kier molecular flexibility index (Phi) is 5.82. The number of rotatable bonds is 5. The predicted molar refractivity (Wildman–Crippen MR) is 91.1 cm³/mol. The van der Waals surface area contributed by atoms with E-state index < -0.39 is 5.41 Å². The Morgan fingerprint density at radius 1 is 1.26 bits per heavy atom. The van der Waals surface area contributed by atoms with Gasteiger partial charge < -0.3 is 4.74 Å². The standard InChI is InChI=1S/C20H27NO2/c1-15(13-20(2,3)14-21)19(22)23-18-11-9-17(10-12-18)16-7-5-4-6-8-16/h9-12,15-16H,4-8,13H2,1-3H3. The van der Waals surface area contributed by atoms with Crippen molar-refractivity contribution in [3.63, 3.8) is 0 Å². The third-order valence-corrected chi connectivity index (χ3v) is 4.70. The van der Waals surface area contributed by atoms with Gasteiger partial charge in [-0.1, -0.05) is 38.3 Å². The van der Waals surface area contributed by atoms with Gasteiger partial charge in [-0.25, -0.2) is 0 Å². The second-order valence-electron chi connectivity index (χ2n) is 7.43. The van der Waals surface area contributed by atoms with Gasteiger partial charge in [0, 0.05) is 0 Å². The Labute approximate surface area is 139 Å². The second kappa shape index (κ2) is 7.64. The quantitative estimate of drug-likeness (QED) is 0.553. The van der Waals surface area contributed by atoms with Gasteiger partial charge in [-0.15, -0.1) is 0 Å². The zero-order valence-corrected chi connectivity index (χ0v) is 14.5. The van der Waals surface area contributed by atoms with E-state index in [2.05, 4.69) is 18.2 Å². The molecule has 124 valence electrons. The molecule has 0 N–H and O–H groups in total. The molecule has 2 rings (SSSR count). The topological polar surface area (TPSA) is 50.1 Å². The van der Waals surface area contributed by atoms with Gasteiger partial charge in [-0.05, 0) is 56.7 Å². The van der Waals surface area contributed by atoms with Crippen molar-refractivity contribution >= 4 is 5.97 Å². The summed E-state index contributed by atoms with van der Waals surface area (Å²) in [4.78, 5) is 12.2. The van der Waals surface area contributed by atoms with Crippen molar-refractivity contribution in [3.05, 3.63) is 29.8 Å². The van der Waals surface area contributed by atoms with E-state index in [4.69, 9.17) is 10.00 Å².